The van der Waals surface area contributed by atoms with E-state index in [1.54, 1.807) is 4.90 Å². The van der Waals surface area contributed by atoms with Gasteiger partial charge in [0.25, 0.3) is 6.43 Å². The maximum Gasteiger partial charge on any atom is 0.251 e. The molecule has 0 heterocycles. The van der Waals surface area contributed by atoms with E-state index in [4.69, 9.17) is 11.6 Å². The molecule has 1 rings (SSSR count). The van der Waals surface area contributed by atoms with Crippen molar-refractivity contribution in [3.63, 3.8) is 0 Å². The first-order chi connectivity index (χ1) is 7.61. The number of aryl methyl sites for hydroxylation is 1. The number of rotatable bonds is 6. The Kier molecular flexibility index (Phi) is 5.71. The van der Waals surface area contributed by atoms with Crippen LogP contribution in [0, 0.1) is 6.92 Å². The van der Waals surface area contributed by atoms with Gasteiger partial charge in [0.2, 0.25) is 0 Å². The molecule has 0 atom stereocenters. The summed E-state index contributed by atoms with van der Waals surface area (Å²) in [4.78, 5) is 1.67. The molecular formula is C12H16ClF2N. The second kappa shape index (κ2) is 6.81. The Morgan fingerprint density at radius 3 is 2.69 bits per heavy atom. The molecule has 0 aliphatic carbocycles. The van der Waals surface area contributed by atoms with Crippen molar-refractivity contribution < 1.29 is 8.78 Å². The standard InChI is InChI=1S/C12H16ClF2N/c1-10-3-2-4-11(7-10)8-16(6-5-13)9-12(14)15/h2-4,7,12H,5-6,8-9H2,1H3. The van der Waals surface area contributed by atoms with E-state index in [-0.39, 0.29) is 6.54 Å². The van der Waals surface area contributed by atoms with Crippen LogP contribution in [0.2, 0.25) is 0 Å². The molecule has 90 valence electrons. The summed E-state index contributed by atoms with van der Waals surface area (Å²) in [6.45, 7) is 2.78. The molecule has 1 aromatic rings. The quantitative estimate of drug-likeness (QED) is 0.698. The maximum atomic E-state index is 12.3. The van der Waals surface area contributed by atoms with Gasteiger partial charge in [-0.05, 0) is 12.5 Å². The van der Waals surface area contributed by atoms with Crippen LogP contribution >= 0.6 is 11.6 Å². The zero-order valence-electron chi connectivity index (χ0n) is 9.30. The van der Waals surface area contributed by atoms with E-state index >= 15 is 0 Å². The minimum Gasteiger partial charge on any atom is -0.292 e. The summed E-state index contributed by atoms with van der Waals surface area (Å²) in [6.07, 6.45) is -2.31. The molecule has 4 heteroatoms. The predicted molar refractivity (Wildman–Crippen MR) is 63.2 cm³/mol. The fourth-order valence-corrected chi connectivity index (χ4v) is 1.86. The normalized spacial score (nSPS) is 11.4. The van der Waals surface area contributed by atoms with E-state index in [9.17, 15) is 8.78 Å². The first-order valence-electron chi connectivity index (χ1n) is 5.24. The lowest BCUT2D eigenvalue weighted by atomic mass is 10.1. The van der Waals surface area contributed by atoms with E-state index in [0.717, 1.165) is 11.1 Å². The summed E-state index contributed by atoms with van der Waals surface area (Å²) < 4.78 is 24.6. The molecule has 0 unspecified atom stereocenters. The summed E-state index contributed by atoms with van der Waals surface area (Å²) in [5.41, 5.74) is 2.19. The van der Waals surface area contributed by atoms with Crippen molar-refractivity contribution in [1.29, 1.82) is 0 Å². The first kappa shape index (κ1) is 13.4. The summed E-state index contributed by atoms with van der Waals surface area (Å²) in [5, 5.41) is 0. The van der Waals surface area contributed by atoms with Gasteiger partial charge < -0.3 is 0 Å². The Hall–Kier alpha value is -0.670. The second-order valence-electron chi connectivity index (χ2n) is 3.80. The molecule has 1 nitrogen and oxygen atoms in total. The van der Waals surface area contributed by atoms with Gasteiger partial charge in [0.15, 0.2) is 0 Å². The predicted octanol–water partition coefficient (Wildman–Crippen LogP) is 3.30. The highest BCUT2D eigenvalue weighted by atomic mass is 35.5. The van der Waals surface area contributed by atoms with Crippen LogP contribution in [-0.4, -0.2) is 30.3 Å². The molecule has 0 aliphatic heterocycles. The van der Waals surface area contributed by atoms with Gasteiger partial charge in [0.1, 0.15) is 0 Å². The minimum absolute atomic E-state index is 0.222. The fraction of sp³-hybridized carbons (Fsp3) is 0.500. The molecule has 1 aromatic carbocycles. The van der Waals surface area contributed by atoms with Gasteiger partial charge in [-0.15, -0.1) is 11.6 Å². The van der Waals surface area contributed by atoms with Crippen LogP contribution in [-0.2, 0) is 6.54 Å². The van der Waals surface area contributed by atoms with Gasteiger partial charge in [-0.3, -0.25) is 4.90 Å². The highest BCUT2D eigenvalue weighted by molar-refractivity contribution is 6.18. The lowest BCUT2D eigenvalue weighted by Crippen LogP contribution is -2.30. The average Bonchev–Trinajstić information content (AvgIpc) is 2.16. The van der Waals surface area contributed by atoms with E-state index in [0.29, 0.717) is 19.0 Å². The van der Waals surface area contributed by atoms with E-state index in [1.807, 2.05) is 31.2 Å². The molecule has 0 fully saturated rings. The number of benzene rings is 1. The Morgan fingerprint density at radius 1 is 1.38 bits per heavy atom. The SMILES string of the molecule is Cc1cccc(CN(CCCl)CC(F)F)c1. The average molecular weight is 248 g/mol. The van der Waals surface area contributed by atoms with Gasteiger partial charge in [-0.1, -0.05) is 29.8 Å². The van der Waals surface area contributed by atoms with Crippen LogP contribution in [0.5, 0.6) is 0 Å². The Bertz CT molecular complexity index is 318. The smallest absolute Gasteiger partial charge is 0.251 e. The molecule has 0 aliphatic rings. The first-order valence-corrected chi connectivity index (χ1v) is 5.77. The van der Waals surface area contributed by atoms with Crippen LogP contribution in [0.25, 0.3) is 0 Å². The van der Waals surface area contributed by atoms with Crippen molar-refractivity contribution in [2.75, 3.05) is 19.0 Å². The van der Waals surface area contributed by atoms with Gasteiger partial charge in [-0.25, -0.2) is 8.78 Å². The number of alkyl halides is 3. The van der Waals surface area contributed by atoms with E-state index in [2.05, 4.69) is 0 Å². The zero-order chi connectivity index (χ0) is 12.0. The largest absolute Gasteiger partial charge is 0.292 e. The number of hydrogen-bond donors (Lipinski definition) is 0. The van der Waals surface area contributed by atoms with Crippen LogP contribution in [0.1, 0.15) is 11.1 Å². The zero-order valence-corrected chi connectivity index (χ0v) is 10.1. The highest BCUT2D eigenvalue weighted by Crippen LogP contribution is 2.09. The van der Waals surface area contributed by atoms with Crippen molar-refractivity contribution >= 4 is 11.6 Å². The number of halogens is 3. The van der Waals surface area contributed by atoms with Crippen molar-refractivity contribution in [2.24, 2.45) is 0 Å². The summed E-state index contributed by atoms with van der Waals surface area (Å²) >= 11 is 5.59. The van der Waals surface area contributed by atoms with Gasteiger partial charge >= 0.3 is 0 Å². The minimum atomic E-state index is -2.31. The molecule has 0 saturated carbocycles. The fourth-order valence-electron chi connectivity index (χ4n) is 1.62. The van der Waals surface area contributed by atoms with Crippen molar-refractivity contribution in [3.05, 3.63) is 35.4 Å². The number of hydrogen-bond acceptors (Lipinski definition) is 1. The van der Waals surface area contributed by atoms with Crippen LogP contribution in [0.3, 0.4) is 0 Å². The number of nitrogens with zero attached hydrogens (tertiary/aromatic N) is 1. The molecular weight excluding hydrogens is 232 g/mol. The third kappa shape index (κ3) is 4.90. The summed E-state index contributed by atoms with van der Waals surface area (Å²) in [5.74, 6) is 0.374. The lowest BCUT2D eigenvalue weighted by Gasteiger charge is -2.20. The Labute approximate surface area is 100 Å². The molecule has 0 saturated heterocycles. The summed E-state index contributed by atoms with van der Waals surface area (Å²) in [7, 11) is 0. The van der Waals surface area contributed by atoms with Gasteiger partial charge in [-0.2, -0.15) is 0 Å². The van der Waals surface area contributed by atoms with Crippen LogP contribution in [0.15, 0.2) is 24.3 Å². The topological polar surface area (TPSA) is 3.24 Å². The maximum absolute atomic E-state index is 12.3. The lowest BCUT2D eigenvalue weighted by molar-refractivity contribution is 0.0878. The highest BCUT2D eigenvalue weighted by Gasteiger charge is 2.11. The molecule has 16 heavy (non-hydrogen) atoms. The van der Waals surface area contributed by atoms with Crippen LogP contribution in [0.4, 0.5) is 8.78 Å². The molecule has 0 N–H and O–H groups in total. The van der Waals surface area contributed by atoms with Crippen molar-refractivity contribution in [3.8, 4) is 0 Å². The molecule has 0 amide bonds. The van der Waals surface area contributed by atoms with Gasteiger partial charge in [0, 0.05) is 19.0 Å². The second-order valence-corrected chi connectivity index (χ2v) is 4.18. The van der Waals surface area contributed by atoms with Gasteiger partial charge in [0.05, 0.1) is 6.54 Å². The van der Waals surface area contributed by atoms with Crippen molar-refractivity contribution in [1.82, 2.24) is 4.90 Å². The van der Waals surface area contributed by atoms with E-state index in [1.165, 1.54) is 0 Å². The van der Waals surface area contributed by atoms with Crippen molar-refractivity contribution in [2.45, 2.75) is 19.9 Å². The Morgan fingerprint density at radius 2 is 2.12 bits per heavy atom. The molecule has 0 bridgehead atoms. The molecule has 0 aromatic heterocycles. The monoisotopic (exact) mass is 247 g/mol. The molecule has 0 spiro atoms. The van der Waals surface area contributed by atoms with Crippen LogP contribution < -0.4 is 0 Å². The third-order valence-corrected chi connectivity index (χ3v) is 2.45. The Balaban J connectivity index is 2.60. The molecule has 0 radical (unpaired) electrons. The third-order valence-electron chi connectivity index (χ3n) is 2.29. The summed E-state index contributed by atoms with van der Waals surface area (Å²) in [6, 6.07) is 7.88. The van der Waals surface area contributed by atoms with E-state index < -0.39 is 6.43 Å².